The number of phosphoric ester groups is 3. The number of phosphoric acid groups is 3. The van der Waals surface area contributed by atoms with E-state index in [0.717, 1.165) is 234 Å². The van der Waals surface area contributed by atoms with E-state index in [4.69, 9.17) is 60.5 Å². The van der Waals surface area contributed by atoms with Gasteiger partial charge in [-0.3, -0.25) is 31.5 Å². The van der Waals surface area contributed by atoms with Crippen molar-refractivity contribution in [3.63, 3.8) is 0 Å². The monoisotopic (exact) mass is 2270 g/mol. The molecule has 3 N–H and O–H groups in total. The van der Waals surface area contributed by atoms with E-state index >= 15 is 0 Å². The van der Waals surface area contributed by atoms with E-state index in [1.165, 1.54) is 173 Å². The van der Waals surface area contributed by atoms with Gasteiger partial charge in [-0.2, -0.15) is 39.6 Å². The Labute approximate surface area is 911 Å². The molecule has 0 aliphatic heterocycles. The third-order valence-corrected chi connectivity index (χ3v) is 32.1. The maximum Gasteiger partial charge on any atom is 0.472 e. The molecular formula is C111H250FO24P9-2. The Morgan fingerprint density at radius 3 is 0.628 bits per heavy atom. The Morgan fingerprint density at radius 1 is 0.262 bits per heavy atom. The highest BCUT2D eigenvalue weighted by Crippen LogP contribution is 2.52. The van der Waals surface area contributed by atoms with Gasteiger partial charge in [0.05, 0.1) is 86.0 Å². The molecule has 0 bridgehead atoms. The summed E-state index contributed by atoms with van der Waals surface area (Å²) in [5.41, 5.74) is 0.921. The maximum atomic E-state index is 14.1. The van der Waals surface area contributed by atoms with Crippen molar-refractivity contribution >= 4 is 78.3 Å². The number of ether oxygens (including phenoxy) is 6. The van der Waals surface area contributed by atoms with Gasteiger partial charge in [-0.05, 0) is 182 Å². The zero-order valence-corrected chi connectivity index (χ0v) is 109. The van der Waals surface area contributed by atoms with Crippen molar-refractivity contribution in [3.8, 4) is 0 Å². The smallest absolute Gasteiger partial charge is 0.472 e. The lowest BCUT2D eigenvalue weighted by atomic mass is 9.75. The molecular weight excluding hydrogens is 2010 g/mol. The summed E-state index contributed by atoms with van der Waals surface area (Å²) < 4.78 is 154. The SMILES string of the molecule is C.CC.CCCCC(CCCC)(CCCC)COCC.CCCCC(CCCC)(CCCC)COCC.CCCCC(CCCC)(CCCC)COCC.CCCCC(CCCC)(CCCC)COCC(COP(=O)(O)OC(COCC(CCCC)(CCCC)CCCC)COP(=O)(O)OC(COCC(CCCC)(CCCC)CCCC)CP(=O)([O-])OCCCCCCF)OP(C)(=O)[O-].COP(=O)(O)OC.P.P.P.P. The third-order valence-electron chi connectivity index (χ3n) is 27.0. The minimum atomic E-state index is -5.23. The summed E-state index contributed by atoms with van der Waals surface area (Å²) in [5.74, 6) is 0. The van der Waals surface area contributed by atoms with Crippen LogP contribution in [0.15, 0.2) is 0 Å². The Kier molecular flexibility index (Phi) is 130. The number of halogens is 1. The van der Waals surface area contributed by atoms with Crippen LogP contribution in [0.4, 0.5) is 4.39 Å². The zero-order valence-electron chi connectivity index (χ0n) is 99.1. The summed E-state index contributed by atoms with van der Waals surface area (Å²) in [7, 11) is -21.0. The molecule has 0 rings (SSSR count). The van der Waals surface area contributed by atoms with Gasteiger partial charge in [-0.25, -0.2) is 13.7 Å². The molecule has 145 heavy (non-hydrogen) atoms. The largest absolute Gasteiger partial charge is 0.779 e. The van der Waals surface area contributed by atoms with E-state index < -0.39 is 83.0 Å². The average Bonchev–Trinajstić information content (AvgIpc) is 0.839. The molecule has 0 heterocycles. The fourth-order valence-electron chi connectivity index (χ4n) is 18.2. The van der Waals surface area contributed by atoms with Gasteiger partial charge >= 0.3 is 23.5 Å². The summed E-state index contributed by atoms with van der Waals surface area (Å²) in [4.78, 5) is 57.0. The van der Waals surface area contributed by atoms with Crippen LogP contribution in [0, 0.1) is 32.5 Å². The maximum absolute atomic E-state index is 14.1. The van der Waals surface area contributed by atoms with Crippen LogP contribution in [0.5, 0.6) is 0 Å². The molecule has 892 valence electrons. The van der Waals surface area contributed by atoms with Crippen molar-refractivity contribution < 1.29 is 116 Å². The average molecular weight is 2270 g/mol. The molecule has 0 saturated carbocycles. The summed E-state index contributed by atoms with van der Waals surface area (Å²) in [6.07, 6.45) is 58.9. The minimum absolute atomic E-state index is 0. The van der Waals surface area contributed by atoms with E-state index in [2.05, 4.69) is 154 Å². The molecule has 0 aromatic rings. The van der Waals surface area contributed by atoms with Crippen LogP contribution in [-0.4, -0.2) is 166 Å². The van der Waals surface area contributed by atoms with Crippen LogP contribution in [0.3, 0.4) is 0 Å². The number of rotatable bonds is 98. The van der Waals surface area contributed by atoms with Crippen molar-refractivity contribution in [1.29, 1.82) is 0 Å². The van der Waals surface area contributed by atoms with Gasteiger partial charge in [-0.1, -0.05) is 390 Å². The van der Waals surface area contributed by atoms with Crippen LogP contribution < -0.4 is 9.79 Å². The van der Waals surface area contributed by atoms with Gasteiger partial charge in [0, 0.05) is 46.9 Å². The first-order chi connectivity index (χ1) is 66.8. The van der Waals surface area contributed by atoms with Gasteiger partial charge in [-0.15, -0.1) is 0 Å². The molecule has 0 aliphatic carbocycles. The topological polar surface area (TPSA) is 321 Å². The van der Waals surface area contributed by atoms with E-state index in [1.807, 2.05) is 13.8 Å². The molecule has 0 amide bonds. The van der Waals surface area contributed by atoms with E-state index in [1.54, 1.807) is 0 Å². The number of unbranched alkanes of at least 4 members (excludes halogenated alkanes) is 21. The van der Waals surface area contributed by atoms with Crippen LogP contribution >= 0.6 is 78.3 Å². The number of alkyl halides is 1. The van der Waals surface area contributed by atoms with Gasteiger partial charge < -0.3 is 71.1 Å². The fraction of sp³-hybridized carbons (Fsp3) is 1.00. The molecule has 0 aromatic heterocycles. The number of hydrogen-bond acceptors (Lipinski definition) is 21. The van der Waals surface area contributed by atoms with E-state index in [9.17, 15) is 46.8 Å². The molecule has 0 aliphatic rings. The second-order valence-corrected chi connectivity index (χ2v) is 48.4. The molecule has 0 fully saturated rings. The summed E-state index contributed by atoms with van der Waals surface area (Å²) in [5, 5.41) is 0. The summed E-state index contributed by atoms with van der Waals surface area (Å²) in [6, 6.07) is 0. The summed E-state index contributed by atoms with van der Waals surface area (Å²) in [6.45, 7) is 54.3. The van der Waals surface area contributed by atoms with Crippen molar-refractivity contribution in [2.24, 2.45) is 32.5 Å². The van der Waals surface area contributed by atoms with Gasteiger partial charge in [0.1, 0.15) is 33.5 Å². The standard InChI is InChI=1S/C58H121FO17P4.3C16H34O.C2H7O4P.C2H6.CH4.4H3P/c1-11-20-33-56(34-21-12-2,35-22-13-3)50-68-44-53(74-77(10,60)61)47-72-79(64,65)75-54(45-69-51-57(36-23-14-4,37-24-15-5)38-25-16-6)48-73-80(66,67)76-55(49-78(62,63)71-43-32-30-29-31-42-59)46-70-52-58(39-26-17-7,40-27-18-8)41-28-19-9;3*1-5-9-12-16(13-10-6-2,14-11-7-3)15-17-8-4;1-5-7(3,4)6-2;1-2;;;;;/h53-55H,11-52H2,1-10H3,(H,60,61)(H,62,63)(H,64,65)(H,66,67);3*5-15H2,1-4H3;1-2H3,(H,3,4);1-2H3;1H4;4*1H3/p-2. The predicted molar refractivity (Wildman–Crippen MR) is 637 cm³/mol. The molecule has 34 heteroatoms. The van der Waals surface area contributed by atoms with Gasteiger partial charge in [0.15, 0.2) is 0 Å². The summed E-state index contributed by atoms with van der Waals surface area (Å²) >= 11 is 0. The molecule has 24 nitrogen and oxygen atoms in total. The lowest BCUT2D eigenvalue weighted by Gasteiger charge is -2.35. The Bertz CT molecular complexity index is 2600. The second-order valence-electron chi connectivity index (χ2n) is 40.4. The Balaban J connectivity index is -0.000000244. The van der Waals surface area contributed by atoms with E-state index in [-0.39, 0.29) is 103 Å². The lowest BCUT2D eigenvalue weighted by Crippen LogP contribution is -2.33. The second kappa shape index (κ2) is 111. The first kappa shape index (κ1) is 169. The molecule has 0 aromatic carbocycles. The molecule has 11 unspecified atom stereocenters. The van der Waals surface area contributed by atoms with Crippen LogP contribution in [0.1, 0.15) is 539 Å². The number of hydrogen-bond donors (Lipinski definition) is 3. The first-order valence-electron chi connectivity index (χ1n) is 57.5. The van der Waals surface area contributed by atoms with Crippen LogP contribution in [0.25, 0.3) is 0 Å². The highest BCUT2D eigenvalue weighted by Gasteiger charge is 2.39. The lowest BCUT2D eigenvalue weighted by molar-refractivity contribution is -0.204. The van der Waals surface area contributed by atoms with Crippen molar-refractivity contribution in [3.05, 3.63) is 0 Å². The predicted octanol–water partition coefficient (Wildman–Crippen LogP) is 35.4. The Hall–Kier alpha value is 2.04. The highest BCUT2D eigenvalue weighted by atomic mass is 31.2. The quantitative estimate of drug-likeness (QED) is 0.0376. The first-order valence-corrected chi connectivity index (χ1v) is 65.7. The van der Waals surface area contributed by atoms with Crippen LogP contribution in [0.2, 0.25) is 0 Å². The third kappa shape index (κ3) is 98.9. The normalized spacial score (nSPS) is 14.2. The van der Waals surface area contributed by atoms with Crippen LogP contribution in [-0.2, 0) is 87.4 Å². The zero-order chi connectivity index (χ0) is 107. The molecule has 0 spiro atoms. The Morgan fingerprint density at radius 2 is 0.448 bits per heavy atom. The van der Waals surface area contributed by atoms with Crippen molar-refractivity contribution in [2.45, 2.75) is 557 Å². The van der Waals surface area contributed by atoms with Crippen molar-refractivity contribution in [1.82, 2.24) is 0 Å². The van der Waals surface area contributed by atoms with Crippen molar-refractivity contribution in [2.75, 3.05) is 133 Å². The van der Waals surface area contributed by atoms with Gasteiger partial charge in [0.2, 0.25) is 0 Å². The fourth-order valence-corrected chi connectivity index (χ4v) is 22.1. The minimum Gasteiger partial charge on any atom is -0.779 e. The highest BCUT2D eigenvalue weighted by molar-refractivity contribution is 7.51. The van der Waals surface area contributed by atoms with Gasteiger partial charge in [0.25, 0.3) is 0 Å². The molecule has 11 atom stereocenters. The molecule has 0 saturated heterocycles. The molecule has 0 radical (unpaired) electrons. The van der Waals surface area contributed by atoms with E-state index in [0.29, 0.717) is 48.5 Å².